The minimum atomic E-state index is 0.579. The highest BCUT2D eigenvalue weighted by atomic mass is 79.9. The standard InChI is InChI=1S/C15H13Br2Cl2NO/c1-2-21-15-13(17)6-11(19)7-14(15)20-8-9-5-10(18)3-4-12(9)16/h3-7,20H,2,8H2,1H3. The van der Waals surface area contributed by atoms with E-state index in [2.05, 4.69) is 37.2 Å². The first-order valence-corrected chi connectivity index (χ1v) is 8.65. The summed E-state index contributed by atoms with van der Waals surface area (Å²) in [6.07, 6.45) is 0. The first-order valence-electron chi connectivity index (χ1n) is 6.31. The summed E-state index contributed by atoms with van der Waals surface area (Å²) in [6, 6.07) is 9.34. The molecule has 0 unspecified atom stereocenters. The monoisotopic (exact) mass is 451 g/mol. The van der Waals surface area contributed by atoms with Gasteiger partial charge in [-0.25, -0.2) is 0 Å². The van der Waals surface area contributed by atoms with Crippen molar-refractivity contribution >= 4 is 60.7 Å². The predicted octanol–water partition coefficient (Wildman–Crippen LogP) is 6.53. The summed E-state index contributed by atoms with van der Waals surface area (Å²) in [7, 11) is 0. The molecule has 0 aliphatic carbocycles. The van der Waals surface area contributed by atoms with Crippen molar-refractivity contribution in [1.29, 1.82) is 0 Å². The number of benzene rings is 2. The van der Waals surface area contributed by atoms with Gasteiger partial charge in [-0.05, 0) is 58.7 Å². The van der Waals surface area contributed by atoms with Gasteiger partial charge in [-0.2, -0.15) is 0 Å². The topological polar surface area (TPSA) is 21.3 Å². The van der Waals surface area contributed by atoms with E-state index < -0.39 is 0 Å². The van der Waals surface area contributed by atoms with E-state index in [-0.39, 0.29) is 0 Å². The Morgan fingerprint density at radius 2 is 1.81 bits per heavy atom. The average Bonchev–Trinajstić information content (AvgIpc) is 2.43. The quantitative estimate of drug-likeness (QED) is 0.555. The largest absolute Gasteiger partial charge is 0.491 e. The summed E-state index contributed by atoms with van der Waals surface area (Å²) in [5, 5.41) is 4.67. The van der Waals surface area contributed by atoms with Crippen molar-refractivity contribution in [1.82, 2.24) is 0 Å². The van der Waals surface area contributed by atoms with Gasteiger partial charge in [-0.1, -0.05) is 39.1 Å². The molecule has 0 fully saturated rings. The molecule has 0 saturated carbocycles. The van der Waals surface area contributed by atoms with Crippen molar-refractivity contribution in [2.45, 2.75) is 13.5 Å². The molecular weight excluding hydrogens is 441 g/mol. The van der Waals surface area contributed by atoms with Crippen LogP contribution in [-0.2, 0) is 6.54 Å². The Bertz CT molecular complexity index is 650. The van der Waals surface area contributed by atoms with E-state index >= 15 is 0 Å². The lowest BCUT2D eigenvalue weighted by molar-refractivity contribution is 0.339. The Morgan fingerprint density at radius 3 is 2.52 bits per heavy atom. The Hall–Kier alpha value is -0.420. The van der Waals surface area contributed by atoms with Crippen molar-refractivity contribution in [3.05, 3.63) is 54.9 Å². The number of hydrogen-bond acceptors (Lipinski definition) is 2. The molecule has 0 heterocycles. The number of anilines is 1. The third-order valence-electron chi connectivity index (χ3n) is 2.77. The van der Waals surface area contributed by atoms with E-state index in [1.54, 1.807) is 0 Å². The maximum Gasteiger partial charge on any atom is 0.156 e. The number of rotatable bonds is 5. The minimum absolute atomic E-state index is 0.579. The molecule has 0 radical (unpaired) electrons. The van der Waals surface area contributed by atoms with Crippen LogP contribution >= 0.6 is 55.1 Å². The molecule has 21 heavy (non-hydrogen) atoms. The van der Waals surface area contributed by atoms with Gasteiger partial charge in [0.1, 0.15) is 0 Å². The first-order chi connectivity index (χ1) is 10.0. The molecule has 0 atom stereocenters. The lowest BCUT2D eigenvalue weighted by atomic mass is 10.2. The molecule has 2 aromatic rings. The molecule has 0 aliphatic rings. The maximum atomic E-state index is 6.10. The Balaban J connectivity index is 2.25. The van der Waals surface area contributed by atoms with Gasteiger partial charge in [0.15, 0.2) is 5.75 Å². The summed E-state index contributed by atoms with van der Waals surface area (Å²) >= 11 is 19.1. The normalized spacial score (nSPS) is 10.5. The third-order valence-corrected chi connectivity index (χ3v) is 4.59. The van der Waals surface area contributed by atoms with Gasteiger partial charge >= 0.3 is 0 Å². The van der Waals surface area contributed by atoms with Gasteiger partial charge in [0.05, 0.1) is 16.8 Å². The minimum Gasteiger partial charge on any atom is -0.491 e. The van der Waals surface area contributed by atoms with Crippen molar-refractivity contribution < 1.29 is 4.74 Å². The molecule has 0 saturated heterocycles. The number of nitrogens with one attached hydrogen (secondary N) is 1. The van der Waals surface area contributed by atoms with Crippen molar-refractivity contribution in [3.63, 3.8) is 0 Å². The second-order valence-electron chi connectivity index (χ2n) is 4.29. The molecule has 2 rings (SSSR count). The summed E-state index contributed by atoms with van der Waals surface area (Å²) in [5.41, 5.74) is 1.89. The van der Waals surface area contributed by atoms with Crippen LogP contribution < -0.4 is 10.1 Å². The third kappa shape index (κ3) is 4.52. The lowest BCUT2D eigenvalue weighted by Crippen LogP contribution is -2.04. The summed E-state index contributed by atoms with van der Waals surface area (Å²) in [5.74, 6) is 0.750. The van der Waals surface area contributed by atoms with Crippen LogP contribution in [0.15, 0.2) is 39.3 Å². The van der Waals surface area contributed by atoms with E-state index in [4.69, 9.17) is 27.9 Å². The molecule has 0 aliphatic heterocycles. The van der Waals surface area contributed by atoms with Gasteiger partial charge in [-0.15, -0.1) is 0 Å². The molecule has 112 valence electrons. The fourth-order valence-corrected chi connectivity index (χ4v) is 3.36. The van der Waals surface area contributed by atoms with Crippen LogP contribution in [0.5, 0.6) is 5.75 Å². The van der Waals surface area contributed by atoms with Crippen molar-refractivity contribution in [2.75, 3.05) is 11.9 Å². The number of hydrogen-bond donors (Lipinski definition) is 1. The second-order valence-corrected chi connectivity index (χ2v) is 6.87. The van der Waals surface area contributed by atoms with Crippen LogP contribution in [0.4, 0.5) is 5.69 Å². The predicted molar refractivity (Wildman–Crippen MR) is 96.8 cm³/mol. The molecule has 2 nitrogen and oxygen atoms in total. The molecule has 0 spiro atoms. The van der Waals surface area contributed by atoms with Crippen LogP contribution in [-0.4, -0.2) is 6.61 Å². The highest BCUT2D eigenvalue weighted by Gasteiger charge is 2.11. The van der Waals surface area contributed by atoms with Crippen molar-refractivity contribution in [2.24, 2.45) is 0 Å². The van der Waals surface area contributed by atoms with Gasteiger partial charge < -0.3 is 10.1 Å². The summed E-state index contributed by atoms with van der Waals surface area (Å²) < 4.78 is 7.48. The van der Waals surface area contributed by atoms with E-state index in [1.807, 2.05) is 37.3 Å². The van der Waals surface area contributed by atoms with Crippen LogP contribution in [0, 0.1) is 0 Å². The fraction of sp³-hybridized carbons (Fsp3) is 0.200. The van der Waals surface area contributed by atoms with E-state index in [0.29, 0.717) is 23.2 Å². The zero-order chi connectivity index (χ0) is 15.4. The Labute approximate surface area is 151 Å². The number of ether oxygens (including phenoxy) is 1. The first kappa shape index (κ1) is 16.9. The fourth-order valence-electron chi connectivity index (χ4n) is 1.85. The van der Waals surface area contributed by atoms with E-state index in [9.17, 15) is 0 Å². The molecule has 2 aromatic carbocycles. The van der Waals surface area contributed by atoms with Crippen LogP contribution in [0.2, 0.25) is 10.0 Å². The van der Waals surface area contributed by atoms with Crippen LogP contribution in [0.3, 0.4) is 0 Å². The smallest absolute Gasteiger partial charge is 0.156 e. The van der Waals surface area contributed by atoms with E-state index in [1.165, 1.54) is 0 Å². The molecule has 1 N–H and O–H groups in total. The van der Waals surface area contributed by atoms with Gasteiger partial charge in [0.25, 0.3) is 0 Å². The zero-order valence-corrected chi connectivity index (χ0v) is 15.9. The highest BCUT2D eigenvalue weighted by Crippen LogP contribution is 2.37. The zero-order valence-electron chi connectivity index (χ0n) is 11.2. The van der Waals surface area contributed by atoms with Gasteiger partial charge in [-0.3, -0.25) is 0 Å². The maximum absolute atomic E-state index is 6.10. The Morgan fingerprint density at radius 1 is 1.05 bits per heavy atom. The van der Waals surface area contributed by atoms with Gasteiger partial charge in [0, 0.05) is 21.1 Å². The lowest BCUT2D eigenvalue weighted by Gasteiger charge is -2.15. The molecule has 0 amide bonds. The summed E-state index contributed by atoms with van der Waals surface area (Å²) in [4.78, 5) is 0. The van der Waals surface area contributed by atoms with Crippen molar-refractivity contribution in [3.8, 4) is 5.75 Å². The second kappa shape index (κ2) is 7.73. The molecule has 0 bridgehead atoms. The average molecular weight is 454 g/mol. The molecule has 6 heteroatoms. The Kier molecular flexibility index (Phi) is 6.23. The van der Waals surface area contributed by atoms with Crippen LogP contribution in [0.1, 0.15) is 12.5 Å². The number of halogens is 4. The van der Waals surface area contributed by atoms with Crippen LogP contribution in [0.25, 0.3) is 0 Å². The van der Waals surface area contributed by atoms with Gasteiger partial charge in [0.2, 0.25) is 0 Å². The highest BCUT2D eigenvalue weighted by molar-refractivity contribution is 9.10. The summed E-state index contributed by atoms with van der Waals surface area (Å²) in [6.45, 7) is 3.13. The molecule has 0 aromatic heterocycles. The van der Waals surface area contributed by atoms with E-state index in [0.717, 1.165) is 25.9 Å². The SMILES string of the molecule is CCOc1c(Br)cc(Cl)cc1NCc1cc(Cl)ccc1Br. The molecular formula is C15H13Br2Cl2NO.